The lowest BCUT2D eigenvalue weighted by molar-refractivity contribution is 0.134. The zero-order valence-corrected chi connectivity index (χ0v) is 14.9. The molecule has 0 aliphatic carbocycles. The number of fused-ring (bicyclic) bond motifs is 1. The van der Waals surface area contributed by atoms with Crippen molar-refractivity contribution in [3.63, 3.8) is 0 Å². The molecule has 4 heteroatoms. The third-order valence-corrected chi connectivity index (χ3v) is 5.11. The van der Waals surface area contributed by atoms with Crippen molar-refractivity contribution in [1.29, 1.82) is 0 Å². The summed E-state index contributed by atoms with van der Waals surface area (Å²) in [6, 6.07) is 13.3. The molecule has 0 spiro atoms. The van der Waals surface area contributed by atoms with E-state index in [0.717, 1.165) is 17.7 Å². The van der Waals surface area contributed by atoms with Gasteiger partial charge in [0, 0.05) is 8.04 Å². The van der Waals surface area contributed by atoms with E-state index in [1.807, 2.05) is 7.05 Å². The molecule has 1 unspecified atom stereocenters. The second kappa shape index (κ2) is 6.13. The first-order valence-corrected chi connectivity index (χ1v) is 8.38. The van der Waals surface area contributed by atoms with E-state index < -0.39 is 0 Å². The van der Waals surface area contributed by atoms with Crippen LogP contribution in [0.4, 0.5) is 0 Å². The summed E-state index contributed by atoms with van der Waals surface area (Å²) in [5.41, 5.74) is 5.20. The molecule has 1 atom stereocenters. The normalized spacial score (nSPS) is 15.2. The van der Waals surface area contributed by atoms with Gasteiger partial charge in [0.25, 0.3) is 0 Å². The summed E-state index contributed by atoms with van der Waals surface area (Å²) >= 11 is 5.96. The molecule has 2 nitrogen and oxygen atoms in total. The number of hydrogen-bond donors (Lipinski definition) is 1. The molecule has 2 aromatic rings. The predicted octanol–water partition coefficient (Wildman–Crippen LogP) is 4.39. The topological polar surface area (TPSA) is 21.3 Å². The highest BCUT2D eigenvalue weighted by Crippen LogP contribution is 2.31. The SMILES string of the molecule is CNC(c1ccc2c(c1)COC2)c1cc(Br)ccc1I. The lowest BCUT2D eigenvalue weighted by Gasteiger charge is -2.20. The molecule has 0 radical (unpaired) electrons. The van der Waals surface area contributed by atoms with Crippen molar-refractivity contribution in [2.75, 3.05) is 7.05 Å². The number of hydrogen-bond acceptors (Lipinski definition) is 2. The quantitative estimate of drug-likeness (QED) is 0.710. The van der Waals surface area contributed by atoms with E-state index in [-0.39, 0.29) is 6.04 Å². The highest BCUT2D eigenvalue weighted by atomic mass is 127. The summed E-state index contributed by atoms with van der Waals surface area (Å²) in [4.78, 5) is 0. The Hall–Kier alpha value is -0.430. The lowest BCUT2D eigenvalue weighted by atomic mass is 9.96. The first-order chi connectivity index (χ1) is 9.69. The molecule has 0 saturated heterocycles. The Balaban J connectivity index is 2.03. The molecular formula is C16H15BrINO. The van der Waals surface area contributed by atoms with Crippen molar-refractivity contribution in [1.82, 2.24) is 5.32 Å². The van der Waals surface area contributed by atoms with E-state index in [0.29, 0.717) is 0 Å². The van der Waals surface area contributed by atoms with Crippen LogP contribution in [-0.2, 0) is 18.0 Å². The van der Waals surface area contributed by atoms with Crippen molar-refractivity contribution in [3.05, 3.63) is 66.7 Å². The van der Waals surface area contributed by atoms with Gasteiger partial charge in [0.2, 0.25) is 0 Å². The third-order valence-electron chi connectivity index (χ3n) is 3.64. The summed E-state index contributed by atoms with van der Waals surface area (Å²) in [7, 11) is 2.01. The Morgan fingerprint density at radius 1 is 1.15 bits per heavy atom. The molecule has 0 bridgehead atoms. The molecule has 3 rings (SSSR count). The van der Waals surface area contributed by atoms with Crippen LogP contribution in [0.3, 0.4) is 0 Å². The Bertz CT molecular complexity index is 644. The maximum atomic E-state index is 5.50. The average Bonchev–Trinajstić information content (AvgIpc) is 2.91. The van der Waals surface area contributed by atoms with Crippen molar-refractivity contribution < 1.29 is 4.74 Å². The Morgan fingerprint density at radius 3 is 2.75 bits per heavy atom. The standard InChI is InChI=1S/C16H15BrINO/c1-19-16(14-7-13(17)4-5-15(14)18)10-2-3-11-8-20-9-12(11)6-10/h2-7,16,19H,8-9H2,1H3. The molecular weight excluding hydrogens is 429 g/mol. The van der Waals surface area contributed by atoms with Gasteiger partial charge in [-0.15, -0.1) is 0 Å². The van der Waals surface area contributed by atoms with Gasteiger partial charge in [0.05, 0.1) is 19.3 Å². The second-order valence-corrected chi connectivity index (χ2v) is 6.99. The Labute approximate surface area is 141 Å². The van der Waals surface area contributed by atoms with Crippen LogP contribution >= 0.6 is 38.5 Å². The summed E-state index contributed by atoms with van der Waals surface area (Å²) in [5.74, 6) is 0. The number of nitrogens with one attached hydrogen (secondary N) is 1. The minimum Gasteiger partial charge on any atom is -0.372 e. The van der Waals surface area contributed by atoms with E-state index in [2.05, 4.69) is 80.2 Å². The van der Waals surface area contributed by atoms with E-state index in [1.54, 1.807) is 0 Å². The number of halogens is 2. The smallest absolute Gasteiger partial charge is 0.0725 e. The van der Waals surface area contributed by atoms with Crippen LogP contribution in [0, 0.1) is 3.57 Å². The van der Waals surface area contributed by atoms with Gasteiger partial charge in [-0.05, 0) is 70.1 Å². The molecule has 0 aromatic heterocycles. The highest BCUT2D eigenvalue weighted by Gasteiger charge is 2.18. The molecule has 1 heterocycles. The van der Waals surface area contributed by atoms with Gasteiger partial charge < -0.3 is 10.1 Å². The van der Waals surface area contributed by atoms with Gasteiger partial charge in [-0.1, -0.05) is 34.1 Å². The summed E-state index contributed by atoms with van der Waals surface area (Å²) in [5, 5.41) is 3.43. The monoisotopic (exact) mass is 443 g/mol. The van der Waals surface area contributed by atoms with Crippen LogP contribution < -0.4 is 5.32 Å². The number of benzene rings is 2. The van der Waals surface area contributed by atoms with Gasteiger partial charge >= 0.3 is 0 Å². The fraction of sp³-hybridized carbons (Fsp3) is 0.250. The Morgan fingerprint density at radius 2 is 1.95 bits per heavy atom. The van der Waals surface area contributed by atoms with Crippen LogP contribution in [0.25, 0.3) is 0 Å². The summed E-state index contributed by atoms with van der Waals surface area (Å²) < 4.78 is 7.88. The first kappa shape index (κ1) is 14.5. The molecule has 104 valence electrons. The van der Waals surface area contributed by atoms with E-state index in [9.17, 15) is 0 Å². The van der Waals surface area contributed by atoms with Gasteiger partial charge in [-0.2, -0.15) is 0 Å². The van der Waals surface area contributed by atoms with Gasteiger partial charge in [-0.3, -0.25) is 0 Å². The van der Waals surface area contributed by atoms with Crippen molar-refractivity contribution >= 4 is 38.5 Å². The highest BCUT2D eigenvalue weighted by molar-refractivity contribution is 14.1. The van der Waals surface area contributed by atoms with Crippen LogP contribution in [-0.4, -0.2) is 7.05 Å². The fourth-order valence-electron chi connectivity index (χ4n) is 2.61. The van der Waals surface area contributed by atoms with Gasteiger partial charge in [0.15, 0.2) is 0 Å². The maximum Gasteiger partial charge on any atom is 0.0725 e. The van der Waals surface area contributed by atoms with Gasteiger partial charge in [0.1, 0.15) is 0 Å². The van der Waals surface area contributed by atoms with Gasteiger partial charge in [-0.25, -0.2) is 0 Å². The Kier molecular flexibility index (Phi) is 4.45. The second-order valence-electron chi connectivity index (χ2n) is 4.91. The van der Waals surface area contributed by atoms with Crippen molar-refractivity contribution in [2.24, 2.45) is 0 Å². The van der Waals surface area contributed by atoms with Crippen LogP contribution in [0.1, 0.15) is 28.3 Å². The van der Waals surface area contributed by atoms with Crippen LogP contribution in [0.5, 0.6) is 0 Å². The summed E-state index contributed by atoms with van der Waals surface area (Å²) in [6.45, 7) is 1.48. The zero-order chi connectivity index (χ0) is 14.1. The molecule has 0 fully saturated rings. The maximum absolute atomic E-state index is 5.50. The van der Waals surface area contributed by atoms with Crippen molar-refractivity contribution in [2.45, 2.75) is 19.3 Å². The number of ether oxygens (including phenoxy) is 1. The van der Waals surface area contributed by atoms with E-state index >= 15 is 0 Å². The van der Waals surface area contributed by atoms with E-state index in [1.165, 1.54) is 25.8 Å². The molecule has 0 saturated carbocycles. The molecule has 20 heavy (non-hydrogen) atoms. The largest absolute Gasteiger partial charge is 0.372 e. The molecule has 0 amide bonds. The third kappa shape index (κ3) is 2.79. The summed E-state index contributed by atoms with van der Waals surface area (Å²) in [6.07, 6.45) is 0. The molecule has 1 N–H and O–H groups in total. The van der Waals surface area contributed by atoms with Crippen LogP contribution in [0.15, 0.2) is 40.9 Å². The minimum atomic E-state index is 0.199. The molecule has 1 aliphatic heterocycles. The first-order valence-electron chi connectivity index (χ1n) is 6.50. The number of rotatable bonds is 3. The van der Waals surface area contributed by atoms with E-state index in [4.69, 9.17) is 4.74 Å². The lowest BCUT2D eigenvalue weighted by Crippen LogP contribution is -2.19. The fourth-order valence-corrected chi connectivity index (χ4v) is 3.63. The average molecular weight is 444 g/mol. The van der Waals surface area contributed by atoms with Crippen LogP contribution in [0.2, 0.25) is 0 Å². The minimum absolute atomic E-state index is 0.199. The zero-order valence-electron chi connectivity index (χ0n) is 11.1. The van der Waals surface area contributed by atoms with Crippen molar-refractivity contribution in [3.8, 4) is 0 Å². The predicted molar refractivity (Wildman–Crippen MR) is 92.7 cm³/mol. The molecule has 1 aliphatic rings. The molecule has 2 aromatic carbocycles.